The smallest absolute Gasteiger partial charge is 0.349 e. The first-order valence-electron chi connectivity index (χ1n) is 10.8. The van der Waals surface area contributed by atoms with Crippen LogP contribution in [-0.4, -0.2) is 22.1 Å². The molecule has 1 aromatic heterocycles. The summed E-state index contributed by atoms with van der Waals surface area (Å²) in [5.41, 5.74) is 4.13. The van der Waals surface area contributed by atoms with Gasteiger partial charge in [0.05, 0.1) is 11.0 Å². The van der Waals surface area contributed by atoms with Crippen molar-refractivity contribution in [1.82, 2.24) is 9.55 Å². The van der Waals surface area contributed by atoms with Gasteiger partial charge in [-0.15, -0.1) is 0 Å². The Labute approximate surface area is 202 Å². The normalized spacial score (nSPS) is 10.9. The topological polar surface area (TPSA) is 53.4 Å². The number of hydrogen-bond acceptors (Lipinski definition) is 4. The molecule has 5 nitrogen and oxygen atoms in total. The Bertz CT molecular complexity index is 1410. The van der Waals surface area contributed by atoms with Crippen LogP contribution in [-0.2, 0) is 11.3 Å². The zero-order valence-corrected chi connectivity index (χ0v) is 19.0. The fraction of sp³-hybridized carbons (Fsp3) is 0.0714. The van der Waals surface area contributed by atoms with Crippen molar-refractivity contribution >= 4 is 28.6 Å². The van der Waals surface area contributed by atoms with E-state index in [0.717, 1.165) is 22.4 Å². The Morgan fingerprint density at radius 3 is 2.24 bits per heavy atom. The molecule has 1 heterocycles. The number of hydrogen-bond donors (Lipinski definition) is 0. The lowest BCUT2D eigenvalue weighted by Gasteiger charge is -2.11. The number of carbonyl (C=O) groups is 1. The third kappa shape index (κ3) is 4.95. The summed E-state index contributed by atoms with van der Waals surface area (Å²) in [5, 5.41) is 0.604. The summed E-state index contributed by atoms with van der Waals surface area (Å²) in [5.74, 6) is 1.36. The van der Waals surface area contributed by atoms with Gasteiger partial charge in [-0.2, -0.15) is 0 Å². The number of nitrogens with zero attached hydrogens (tertiary/aromatic N) is 2. The second-order valence-electron chi connectivity index (χ2n) is 7.74. The van der Waals surface area contributed by atoms with Gasteiger partial charge in [0.1, 0.15) is 17.3 Å². The van der Waals surface area contributed by atoms with E-state index >= 15 is 0 Å². The number of esters is 1. The number of aromatic nitrogens is 2. The van der Waals surface area contributed by atoms with E-state index in [1.165, 1.54) is 5.56 Å². The largest absolute Gasteiger partial charge is 0.482 e. The fourth-order valence-electron chi connectivity index (χ4n) is 3.73. The summed E-state index contributed by atoms with van der Waals surface area (Å²) >= 11 is 5.86. The number of imidazole rings is 1. The summed E-state index contributed by atoms with van der Waals surface area (Å²) in [6, 6.07) is 32.5. The van der Waals surface area contributed by atoms with Crippen molar-refractivity contribution in [2.24, 2.45) is 0 Å². The zero-order valence-electron chi connectivity index (χ0n) is 18.2. The monoisotopic (exact) mass is 468 g/mol. The maximum absolute atomic E-state index is 12.2. The summed E-state index contributed by atoms with van der Waals surface area (Å²) in [6.45, 7) is 0.506. The molecule has 5 rings (SSSR count). The van der Waals surface area contributed by atoms with Gasteiger partial charge in [0.2, 0.25) is 0 Å². The highest BCUT2D eigenvalue weighted by atomic mass is 35.5. The molecule has 0 bridgehead atoms. The van der Waals surface area contributed by atoms with E-state index in [-0.39, 0.29) is 6.61 Å². The van der Waals surface area contributed by atoms with Gasteiger partial charge in [0, 0.05) is 17.1 Å². The molecule has 0 radical (unpaired) electrons. The van der Waals surface area contributed by atoms with E-state index in [9.17, 15) is 4.79 Å². The Balaban J connectivity index is 1.33. The fourth-order valence-corrected chi connectivity index (χ4v) is 3.85. The molecule has 0 aliphatic heterocycles. The van der Waals surface area contributed by atoms with Crippen LogP contribution in [0.4, 0.5) is 0 Å². The number of benzene rings is 4. The molecule has 168 valence electrons. The van der Waals surface area contributed by atoms with Crippen molar-refractivity contribution in [2.45, 2.75) is 6.54 Å². The Morgan fingerprint density at radius 2 is 1.47 bits per heavy atom. The molecule has 0 aliphatic carbocycles. The van der Waals surface area contributed by atoms with Crippen molar-refractivity contribution in [3.05, 3.63) is 114 Å². The molecule has 5 aromatic rings. The first-order chi connectivity index (χ1) is 16.7. The van der Waals surface area contributed by atoms with Gasteiger partial charge < -0.3 is 14.0 Å². The molecule has 0 spiro atoms. The molecule has 0 atom stereocenters. The van der Waals surface area contributed by atoms with E-state index in [2.05, 4.69) is 22.8 Å². The van der Waals surface area contributed by atoms with Crippen molar-refractivity contribution in [3.8, 4) is 22.9 Å². The molecule has 6 heteroatoms. The molecule has 4 aromatic carbocycles. The molecule has 0 saturated carbocycles. The summed E-state index contributed by atoms with van der Waals surface area (Å²) in [4.78, 5) is 17.1. The molecule has 0 saturated heterocycles. The van der Waals surface area contributed by atoms with Crippen LogP contribution in [0.2, 0.25) is 5.02 Å². The van der Waals surface area contributed by atoms with Gasteiger partial charge >= 0.3 is 5.97 Å². The number of para-hydroxylation sites is 2. The molecular weight excluding hydrogens is 448 g/mol. The SMILES string of the molecule is O=C(COc1ccc(Cl)cc1)Oc1ccc(-c2nc3ccccc3n2Cc2ccccc2)cc1. The second-order valence-corrected chi connectivity index (χ2v) is 8.17. The van der Waals surface area contributed by atoms with Gasteiger partial charge in [-0.05, 0) is 66.2 Å². The van der Waals surface area contributed by atoms with Crippen LogP contribution in [0.1, 0.15) is 5.56 Å². The van der Waals surface area contributed by atoms with Crippen molar-refractivity contribution in [1.29, 1.82) is 0 Å². The molecule has 0 aliphatic rings. The first-order valence-corrected chi connectivity index (χ1v) is 11.2. The van der Waals surface area contributed by atoms with Crippen LogP contribution < -0.4 is 9.47 Å². The molecule has 34 heavy (non-hydrogen) atoms. The second kappa shape index (κ2) is 9.81. The average molecular weight is 469 g/mol. The Hall–Kier alpha value is -4.09. The minimum absolute atomic E-state index is 0.198. The molecule has 0 amide bonds. The maximum Gasteiger partial charge on any atom is 0.349 e. The van der Waals surface area contributed by atoms with Crippen molar-refractivity contribution in [2.75, 3.05) is 6.61 Å². The summed E-state index contributed by atoms with van der Waals surface area (Å²) in [6.07, 6.45) is 0. The van der Waals surface area contributed by atoms with Gasteiger partial charge in [-0.3, -0.25) is 0 Å². The lowest BCUT2D eigenvalue weighted by atomic mass is 10.2. The summed E-state index contributed by atoms with van der Waals surface area (Å²) < 4.78 is 13.1. The van der Waals surface area contributed by atoms with E-state index in [4.69, 9.17) is 26.1 Å². The molecular formula is C28H21ClN2O3. The van der Waals surface area contributed by atoms with Crippen LogP contribution in [0.15, 0.2) is 103 Å². The standard InChI is InChI=1S/C28H21ClN2O3/c29-22-12-16-23(17-13-22)33-19-27(32)34-24-14-10-21(11-15-24)28-30-25-8-4-5-9-26(25)31(28)18-20-6-2-1-3-7-20/h1-17H,18-19H2. The Morgan fingerprint density at radius 1 is 0.794 bits per heavy atom. The number of ether oxygens (including phenoxy) is 2. The predicted octanol–water partition coefficient (Wildman–Crippen LogP) is 6.39. The van der Waals surface area contributed by atoms with E-state index in [1.54, 1.807) is 36.4 Å². The first kappa shape index (κ1) is 21.7. The predicted molar refractivity (Wildman–Crippen MR) is 133 cm³/mol. The van der Waals surface area contributed by atoms with Crippen LogP contribution in [0.3, 0.4) is 0 Å². The highest BCUT2D eigenvalue weighted by Crippen LogP contribution is 2.27. The third-order valence-corrected chi connectivity index (χ3v) is 5.60. The molecule has 0 N–H and O–H groups in total. The number of carbonyl (C=O) groups excluding carboxylic acids is 1. The van der Waals surface area contributed by atoms with Crippen LogP contribution in [0.25, 0.3) is 22.4 Å². The quantitative estimate of drug-likeness (QED) is 0.205. The number of rotatable bonds is 7. The van der Waals surface area contributed by atoms with Crippen molar-refractivity contribution < 1.29 is 14.3 Å². The molecule has 0 fully saturated rings. The number of halogens is 1. The van der Waals surface area contributed by atoms with E-state index in [1.807, 2.05) is 48.5 Å². The summed E-state index contributed by atoms with van der Waals surface area (Å²) in [7, 11) is 0. The van der Waals surface area contributed by atoms with Crippen molar-refractivity contribution in [3.63, 3.8) is 0 Å². The highest BCUT2D eigenvalue weighted by molar-refractivity contribution is 6.30. The number of fused-ring (bicyclic) bond motifs is 1. The highest BCUT2D eigenvalue weighted by Gasteiger charge is 2.14. The van der Waals surface area contributed by atoms with Gasteiger partial charge in [-0.25, -0.2) is 9.78 Å². The maximum atomic E-state index is 12.2. The Kier molecular flexibility index (Phi) is 6.27. The van der Waals surface area contributed by atoms with Crippen LogP contribution >= 0.6 is 11.6 Å². The lowest BCUT2D eigenvalue weighted by Crippen LogP contribution is -2.17. The zero-order chi connectivity index (χ0) is 23.3. The lowest BCUT2D eigenvalue weighted by molar-refractivity contribution is -0.136. The van der Waals surface area contributed by atoms with Gasteiger partial charge in [0.25, 0.3) is 0 Å². The van der Waals surface area contributed by atoms with Gasteiger partial charge in [0.15, 0.2) is 6.61 Å². The van der Waals surface area contributed by atoms with Gasteiger partial charge in [-0.1, -0.05) is 54.1 Å². The minimum atomic E-state index is -0.487. The van der Waals surface area contributed by atoms with E-state index in [0.29, 0.717) is 23.1 Å². The molecule has 0 unspecified atom stereocenters. The average Bonchev–Trinajstić information content (AvgIpc) is 3.23. The third-order valence-electron chi connectivity index (χ3n) is 5.35. The van der Waals surface area contributed by atoms with E-state index < -0.39 is 5.97 Å². The van der Waals surface area contributed by atoms with Crippen LogP contribution in [0.5, 0.6) is 11.5 Å². The van der Waals surface area contributed by atoms with Crippen LogP contribution in [0, 0.1) is 0 Å². The minimum Gasteiger partial charge on any atom is -0.482 e.